The van der Waals surface area contributed by atoms with Crippen LogP contribution in [0.4, 0.5) is 14.4 Å². The number of nitrogens with zero attached hydrogens (tertiary/aromatic N) is 3. The fourth-order valence-electron chi connectivity index (χ4n) is 9.22. The van der Waals surface area contributed by atoms with E-state index in [1.807, 2.05) is 131 Å². The van der Waals surface area contributed by atoms with Gasteiger partial charge in [0.25, 0.3) is 0 Å². The summed E-state index contributed by atoms with van der Waals surface area (Å²) >= 11 is 0. The number of fused-ring (bicyclic) bond motifs is 1. The van der Waals surface area contributed by atoms with Crippen LogP contribution in [0.5, 0.6) is 0 Å². The summed E-state index contributed by atoms with van der Waals surface area (Å²) < 4.78 is 15.7. The van der Waals surface area contributed by atoms with E-state index in [1.165, 1.54) is 31.0 Å². The molecule has 3 aliphatic rings. The molecule has 0 aromatic heterocycles. The molecule has 73 heavy (non-hydrogen) atoms. The van der Waals surface area contributed by atoms with Gasteiger partial charge in [0.1, 0.15) is 19.8 Å². The van der Waals surface area contributed by atoms with Crippen molar-refractivity contribution in [3.8, 4) is 0 Å². The largest absolute Gasteiger partial charge is 0.481 e. The van der Waals surface area contributed by atoms with E-state index >= 15 is 0 Å². The first-order chi connectivity index (χ1) is 35.1. The van der Waals surface area contributed by atoms with Crippen LogP contribution < -0.4 is 5.73 Å². The number of likely N-dealkylation sites (tertiary alicyclic amines) is 3. The zero-order valence-corrected chi connectivity index (χ0v) is 42.2. The quantitative estimate of drug-likeness (QED) is 0.0807. The number of hydrogen-bond donors (Lipinski definition) is 4. The second-order valence-electron chi connectivity index (χ2n) is 18.5. The van der Waals surface area contributed by atoms with Gasteiger partial charge in [-0.1, -0.05) is 173 Å². The lowest BCUT2D eigenvalue weighted by molar-refractivity contribution is -0.143. The van der Waals surface area contributed by atoms with Crippen molar-refractivity contribution < 1.29 is 58.3 Å². The molecule has 0 unspecified atom stereocenters. The van der Waals surface area contributed by atoms with Gasteiger partial charge in [0, 0.05) is 45.3 Å². The molecule has 16 nitrogen and oxygen atoms in total. The smallest absolute Gasteiger partial charge is 0.410 e. The summed E-state index contributed by atoms with van der Waals surface area (Å²) in [6.45, 7) is 10.6. The van der Waals surface area contributed by atoms with E-state index in [0.717, 1.165) is 36.0 Å². The van der Waals surface area contributed by atoms with Gasteiger partial charge in [-0.15, -0.1) is 0 Å². The Morgan fingerprint density at radius 1 is 0.466 bits per heavy atom. The van der Waals surface area contributed by atoms with Crippen LogP contribution >= 0.6 is 0 Å². The number of carboxylic acid groups (broad SMARTS) is 3. The van der Waals surface area contributed by atoms with E-state index in [1.54, 1.807) is 0 Å². The normalized spacial score (nSPS) is 20.2. The third kappa shape index (κ3) is 16.8. The highest BCUT2D eigenvalue weighted by Gasteiger charge is 2.41. The highest BCUT2D eigenvalue weighted by molar-refractivity contribution is 5.86. The Hall–Kier alpha value is -7.46. The lowest BCUT2D eigenvalue weighted by Crippen LogP contribution is -2.30. The van der Waals surface area contributed by atoms with Gasteiger partial charge in [0.15, 0.2) is 0 Å². The molecule has 5 aromatic rings. The minimum atomic E-state index is -0.838. The minimum absolute atomic E-state index is 0.0109. The van der Waals surface area contributed by atoms with Crippen molar-refractivity contribution in [3.05, 3.63) is 156 Å². The number of carbonyl (C=O) groups is 6. The van der Waals surface area contributed by atoms with Gasteiger partial charge in [0.05, 0.1) is 17.8 Å². The topological polar surface area (TPSA) is 227 Å². The molecular weight excluding hydrogens is 933 g/mol. The number of rotatable bonds is 13. The van der Waals surface area contributed by atoms with E-state index in [2.05, 4.69) is 30.3 Å². The minimum Gasteiger partial charge on any atom is -0.481 e. The molecule has 0 saturated carbocycles. The van der Waals surface area contributed by atoms with Gasteiger partial charge in [0.2, 0.25) is 0 Å². The van der Waals surface area contributed by atoms with Crippen molar-refractivity contribution in [2.24, 2.45) is 41.2 Å². The average Bonchev–Trinajstić information content (AvgIpc) is 4.18. The molecule has 3 heterocycles. The molecule has 7 atom stereocenters. The maximum absolute atomic E-state index is 12.0. The molecule has 390 valence electrons. The molecule has 16 heteroatoms. The third-order valence-corrected chi connectivity index (χ3v) is 13.6. The third-order valence-electron chi connectivity index (χ3n) is 13.6. The van der Waals surface area contributed by atoms with Crippen LogP contribution in [-0.4, -0.2) is 105 Å². The lowest BCUT2D eigenvalue weighted by Gasteiger charge is -2.15. The predicted molar refractivity (Wildman–Crippen MR) is 276 cm³/mol. The van der Waals surface area contributed by atoms with E-state index in [9.17, 15) is 28.8 Å². The zero-order chi connectivity index (χ0) is 52.9. The Labute approximate surface area is 427 Å². The van der Waals surface area contributed by atoms with E-state index in [4.69, 9.17) is 35.3 Å². The molecule has 3 amide bonds. The lowest BCUT2D eigenvalue weighted by atomic mass is 9.94. The molecule has 0 bridgehead atoms. The van der Waals surface area contributed by atoms with E-state index in [0.29, 0.717) is 19.6 Å². The Morgan fingerprint density at radius 2 is 0.767 bits per heavy atom. The summed E-state index contributed by atoms with van der Waals surface area (Å²) in [7, 11) is 0. The molecule has 0 aliphatic carbocycles. The van der Waals surface area contributed by atoms with E-state index < -0.39 is 53.9 Å². The summed E-state index contributed by atoms with van der Waals surface area (Å²) in [6, 6.07) is 43.0. The Balaban J connectivity index is 0.000000182. The predicted octanol–water partition coefficient (Wildman–Crippen LogP) is 9.96. The van der Waals surface area contributed by atoms with Crippen molar-refractivity contribution >= 4 is 47.0 Å². The summed E-state index contributed by atoms with van der Waals surface area (Å²) in [5.41, 5.74) is 9.86. The maximum atomic E-state index is 12.0. The van der Waals surface area contributed by atoms with Gasteiger partial charge >= 0.3 is 36.2 Å². The molecule has 0 spiro atoms. The fourth-order valence-corrected chi connectivity index (χ4v) is 9.22. The molecule has 0 radical (unpaired) electrons. The second-order valence-corrected chi connectivity index (χ2v) is 18.5. The first-order valence-electron chi connectivity index (χ1n) is 24.9. The van der Waals surface area contributed by atoms with Gasteiger partial charge in [-0.2, -0.15) is 0 Å². The first-order valence-corrected chi connectivity index (χ1v) is 24.9. The fraction of sp³-hybridized carbons (Fsp3) is 0.404. The number of benzene rings is 5. The number of aliphatic carboxylic acids is 3. The first kappa shape index (κ1) is 56.5. The summed E-state index contributed by atoms with van der Waals surface area (Å²) in [5.74, 6) is -3.93. The van der Waals surface area contributed by atoms with Gasteiger partial charge < -0.3 is 50.0 Å². The van der Waals surface area contributed by atoms with E-state index in [-0.39, 0.29) is 63.3 Å². The second kappa shape index (κ2) is 28.5. The van der Waals surface area contributed by atoms with Crippen LogP contribution in [0.3, 0.4) is 0 Å². The van der Waals surface area contributed by atoms with Crippen molar-refractivity contribution in [2.45, 2.75) is 72.8 Å². The highest BCUT2D eigenvalue weighted by Crippen LogP contribution is 2.29. The van der Waals surface area contributed by atoms with Crippen molar-refractivity contribution in [1.29, 1.82) is 0 Å². The van der Waals surface area contributed by atoms with Crippen LogP contribution in [0.1, 0.15) is 75.3 Å². The monoisotopic (exact) mass is 1000 g/mol. The van der Waals surface area contributed by atoms with Gasteiger partial charge in [-0.05, 0) is 57.7 Å². The summed E-state index contributed by atoms with van der Waals surface area (Å²) in [4.78, 5) is 73.8. The van der Waals surface area contributed by atoms with Crippen LogP contribution in [0, 0.1) is 35.5 Å². The van der Waals surface area contributed by atoms with Crippen LogP contribution in [0.15, 0.2) is 133 Å². The van der Waals surface area contributed by atoms with Crippen LogP contribution in [-0.2, 0) is 48.4 Å². The number of hydrogen-bond acceptors (Lipinski definition) is 10. The molecule has 3 aliphatic heterocycles. The molecule has 8 rings (SSSR count). The molecule has 5 N–H and O–H groups in total. The molecule has 3 saturated heterocycles. The number of carboxylic acids is 3. The summed E-state index contributed by atoms with van der Waals surface area (Å²) in [5, 5.41) is 30.0. The van der Waals surface area contributed by atoms with Crippen molar-refractivity contribution in [1.82, 2.24) is 14.7 Å². The molecule has 3 fully saturated rings. The van der Waals surface area contributed by atoms with Gasteiger partial charge in [-0.3, -0.25) is 14.4 Å². The van der Waals surface area contributed by atoms with Gasteiger partial charge in [-0.25, -0.2) is 14.4 Å². The maximum Gasteiger partial charge on any atom is 0.410 e. The standard InChI is InChI=1S/3C15H19NO4.C12H13N/c3*1-2-12-8-16(9-13(12)14(17)18)15(19)20-10-11-6-4-3-5-7-11;1-9(13)11-8-4-6-10-5-2-3-7-12(10)11/h3*3-7,12-13H,2,8-10H2,1H3,(H,17,18);2-9H,13H2,1H3/t3*12-,13+;9-/m1101/s1. The number of ether oxygens (including phenoxy) is 3. The molecular formula is C57H70N4O12. The number of nitrogens with two attached hydrogens (primary N) is 1. The average molecular weight is 1000 g/mol. The SMILES string of the molecule is CC[C@@H]1CN(C(=O)OCc2ccccc2)C[C@@H]1C(=O)O.CC[C@@H]1CN(C(=O)OCc2ccccc2)C[C@@H]1C(=O)O.CC[C@H]1CN(C(=O)OCc2ccccc2)C[C@H]1C(=O)O.C[C@@H](N)c1cccc2ccccc12. The molecule has 5 aromatic carbocycles. The van der Waals surface area contributed by atoms with Crippen LogP contribution in [0.25, 0.3) is 10.8 Å². The van der Waals surface area contributed by atoms with Crippen molar-refractivity contribution in [3.63, 3.8) is 0 Å². The summed E-state index contributed by atoms with van der Waals surface area (Å²) in [6.07, 6.45) is 0.946. The Kier molecular flexibility index (Phi) is 22.1. The zero-order valence-electron chi connectivity index (χ0n) is 42.2. The van der Waals surface area contributed by atoms with Crippen LogP contribution in [0.2, 0.25) is 0 Å². The number of amides is 3. The Morgan fingerprint density at radius 3 is 1.05 bits per heavy atom. The highest BCUT2D eigenvalue weighted by atomic mass is 16.6. The van der Waals surface area contributed by atoms with Crippen molar-refractivity contribution in [2.75, 3.05) is 39.3 Å². The Bertz CT molecular complexity index is 2330. The number of carbonyl (C=O) groups excluding carboxylic acids is 3.